The molecule has 0 rings (SSSR count). The lowest BCUT2D eigenvalue weighted by atomic mass is 10.1. The van der Waals surface area contributed by atoms with Gasteiger partial charge in [0.15, 0.2) is 0 Å². The van der Waals surface area contributed by atoms with Crippen LogP contribution in [0.15, 0.2) is 0 Å². The lowest BCUT2D eigenvalue weighted by molar-refractivity contribution is -0.174. The Labute approximate surface area is 104 Å². The summed E-state index contributed by atoms with van der Waals surface area (Å²) in [7, 11) is 0. The van der Waals surface area contributed by atoms with Crippen molar-refractivity contribution in [2.75, 3.05) is 18.5 Å². The zero-order chi connectivity index (χ0) is 12.3. The van der Waals surface area contributed by atoms with E-state index in [0.717, 1.165) is 24.6 Å². The van der Waals surface area contributed by atoms with Gasteiger partial charge in [-0.3, -0.25) is 0 Å². The summed E-state index contributed by atoms with van der Waals surface area (Å²) in [6.07, 6.45) is 3.43. The van der Waals surface area contributed by atoms with E-state index in [9.17, 15) is 13.2 Å². The number of alkyl halides is 4. The third-order valence-electron chi connectivity index (χ3n) is 2.19. The molecule has 1 nitrogen and oxygen atoms in total. The summed E-state index contributed by atoms with van der Waals surface area (Å²) in [6, 6.07) is 0. The van der Waals surface area contributed by atoms with Gasteiger partial charge in [-0.1, -0.05) is 48.0 Å². The molecular formula is C11H20BrF3O. The molecule has 0 radical (unpaired) electrons. The molecule has 5 heteroatoms. The SMILES string of the molecule is FC(F)(F)COCCCCCCCCCBr. The molecule has 0 saturated heterocycles. The highest BCUT2D eigenvalue weighted by Crippen LogP contribution is 2.15. The molecule has 0 amide bonds. The molecule has 0 aliphatic rings. The minimum atomic E-state index is -4.18. The molecule has 0 spiro atoms. The Balaban J connectivity index is 2.99. The Morgan fingerprint density at radius 2 is 1.31 bits per heavy atom. The minimum Gasteiger partial charge on any atom is -0.372 e. The molecule has 0 aliphatic carbocycles. The first-order valence-corrected chi connectivity index (χ1v) is 6.89. The van der Waals surface area contributed by atoms with Crippen LogP contribution in [-0.4, -0.2) is 24.7 Å². The highest BCUT2D eigenvalue weighted by atomic mass is 79.9. The fraction of sp³-hybridized carbons (Fsp3) is 1.00. The number of ether oxygens (including phenoxy) is 1. The number of hydrogen-bond acceptors (Lipinski definition) is 1. The lowest BCUT2D eigenvalue weighted by Gasteiger charge is -2.07. The normalized spacial score (nSPS) is 12.0. The van der Waals surface area contributed by atoms with E-state index in [1.54, 1.807) is 0 Å². The van der Waals surface area contributed by atoms with E-state index in [0.29, 0.717) is 0 Å². The van der Waals surface area contributed by atoms with Crippen molar-refractivity contribution in [2.45, 2.75) is 51.1 Å². The summed E-state index contributed by atoms with van der Waals surface area (Å²) < 4.78 is 39.5. The van der Waals surface area contributed by atoms with Crippen molar-refractivity contribution in [2.24, 2.45) is 0 Å². The lowest BCUT2D eigenvalue weighted by Crippen LogP contribution is -2.17. The molecule has 0 N–H and O–H groups in total. The maximum atomic E-state index is 11.7. The molecule has 16 heavy (non-hydrogen) atoms. The molecular weight excluding hydrogens is 285 g/mol. The average Bonchev–Trinajstić information content (AvgIpc) is 2.19. The summed E-state index contributed by atoms with van der Waals surface area (Å²) >= 11 is 3.37. The van der Waals surface area contributed by atoms with Crippen molar-refractivity contribution in [1.29, 1.82) is 0 Å². The largest absolute Gasteiger partial charge is 0.411 e. The topological polar surface area (TPSA) is 9.23 Å². The van der Waals surface area contributed by atoms with Crippen LogP contribution < -0.4 is 0 Å². The van der Waals surface area contributed by atoms with Crippen LogP contribution in [0.4, 0.5) is 13.2 Å². The number of halogens is 4. The molecule has 0 fully saturated rings. The zero-order valence-corrected chi connectivity index (χ0v) is 11.1. The van der Waals surface area contributed by atoms with Gasteiger partial charge in [-0.2, -0.15) is 13.2 Å². The monoisotopic (exact) mass is 304 g/mol. The van der Waals surface area contributed by atoms with E-state index in [2.05, 4.69) is 20.7 Å². The van der Waals surface area contributed by atoms with Crippen molar-refractivity contribution in [3.8, 4) is 0 Å². The molecule has 0 unspecified atom stereocenters. The summed E-state index contributed by atoms with van der Waals surface area (Å²) in [6.45, 7) is -0.890. The molecule has 0 saturated carbocycles. The highest BCUT2D eigenvalue weighted by Gasteiger charge is 2.26. The van der Waals surface area contributed by atoms with Gasteiger partial charge in [0.25, 0.3) is 0 Å². The van der Waals surface area contributed by atoms with Crippen LogP contribution in [0.1, 0.15) is 44.9 Å². The minimum absolute atomic E-state index is 0.223. The van der Waals surface area contributed by atoms with Gasteiger partial charge in [0.05, 0.1) is 0 Å². The maximum absolute atomic E-state index is 11.7. The Hall–Kier alpha value is 0.230. The fourth-order valence-corrected chi connectivity index (χ4v) is 1.77. The predicted octanol–water partition coefficient (Wildman–Crippen LogP) is 4.69. The number of hydrogen-bond donors (Lipinski definition) is 0. The zero-order valence-electron chi connectivity index (χ0n) is 9.49. The van der Waals surface area contributed by atoms with Gasteiger partial charge in [-0.25, -0.2) is 0 Å². The Bertz CT molecular complexity index is 151. The summed E-state index contributed by atoms with van der Waals surface area (Å²) in [5.74, 6) is 0. The van der Waals surface area contributed by atoms with Crippen molar-refractivity contribution >= 4 is 15.9 Å². The van der Waals surface area contributed by atoms with Crippen molar-refractivity contribution in [3.63, 3.8) is 0 Å². The molecule has 0 aliphatic heterocycles. The van der Waals surface area contributed by atoms with Gasteiger partial charge in [0.1, 0.15) is 6.61 Å². The second-order valence-electron chi connectivity index (χ2n) is 3.83. The van der Waals surface area contributed by atoms with Crippen LogP contribution in [-0.2, 0) is 4.74 Å². The second kappa shape index (κ2) is 10.4. The third-order valence-corrected chi connectivity index (χ3v) is 2.75. The summed E-state index contributed by atoms with van der Waals surface area (Å²) in [4.78, 5) is 0. The Morgan fingerprint density at radius 3 is 1.81 bits per heavy atom. The number of rotatable bonds is 10. The number of unbranched alkanes of at least 4 members (excludes halogenated alkanes) is 6. The first-order chi connectivity index (χ1) is 7.56. The first kappa shape index (κ1) is 16.2. The molecule has 0 heterocycles. The van der Waals surface area contributed by atoms with Crippen LogP contribution in [0.5, 0.6) is 0 Å². The van der Waals surface area contributed by atoms with Crippen LogP contribution in [0.25, 0.3) is 0 Å². The van der Waals surface area contributed by atoms with E-state index in [1.165, 1.54) is 25.7 Å². The van der Waals surface area contributed by atoms with Gasteiger partial charge in [-0.05, 0) is 12.8 Å². The van der Waals surface area contributed by atoms with Crippen molar-refractivity contribution in [1.82, 2.24) is 0 Å². The third kappa shape index (κ3) is 14.2. The Morgan fingerprint density at radius 1 is 0.812 bits per heavy atom. The van der Waals surface area contributed by atoms with Gasteiger partial charge in [0, 0.05) is 11.9 Å². The van der Waals surface area contributed by atoms with Crippen LogP contribution in [0.2, 0.25) is 0 Å². The summed E-state index contributed by atoms with van der Waals surface area (Å²) in [5.41, 5.74) is 0. The standard InChI is InChI=1S/C11H20BrF3O/c12-8-6-4-2-1-3-5-7-9-16-10-11(13,14)15/h1-10H2. The van der Waals surface area contributed by atoms with E-state index >= 15 is 0 Å². The molecule has 0 aromatic rings. The summed E-state index contributed by atoms with van der Waals surface area (Å²) in [5, 5.41) is 1.05. The molecule has 0 atom stereocenters. The van der Waals surface area contributed by atoms with Gasteiger partial charge in [-0.15, -0.1) is 0 Å². The quantitative estimate of drug-likeness (QED) is 0.420. The van der Waals surface area contributed by atoms with E-state index in [4.69, 9.17) is 0 Å². The molecule has 0 aromatic heterocycles. The van der Waals surface area contributed by atoms with Crippen LogP contribution >= 0.6 is 15.9 Å². The van der Waals surface area contributed by atoms with E-state index in [1.807, 2.05) is 0 Å². The van der Waals surface area contributed by atoms with Crippen molar-refractivity contribution in [3.05, 3.63) is 0 Å². The van der Waals surface area contributed by atoms with Crippen molar-refractivity contribution < 1.29 is 17.9 Å². The van der Waals surface area contributed by atoms with Crippen LogP contribution in [0, 0.1) is 0 Å². The molecule has 0 aromatic carbocycles. The highest BCUT2D eigenvalue weighted by molar-refractivity contribution is 9.09. The van der Waals surface area contributed by atoms with Gasteiger partial charge in [0.2, 0.25) is 0 Å². The maximum Gasteiger partial charge on any atom is 0.411 e. The van der Waals surface area contributed by atoms with Crippen LogP contribution in [0.3, 0.4) is 0 Å². The van der Waals surface area contributed by atoms with Gasteiger partial charge >= 0.3 is 6.18 Å². The predicted molar refractivity (Wildman–Crippen MR) is 63.0 cm³/mol. The Kier molecular flexibility index (Phi) is 10.5. The smallest absolute Gasteiger partial charge is 0.372 e. The van der Waals surface area contributed by atoms with E-state index < -0.39 is 12.8 Å². The molecule has 0 bridgehead atoms. The molecule has 98 valence electrons. The first-order valence-electron chi connectivity index (χ1n) is 5.77. The second-order valence-corrected chi connectivity index (χ2v) is 4.62. The van der Waals surface area contributed by atoms with Gasteiger partial charge < -0.3 is 4.74 Å². The average molecular weight is 305 g/mol. The fourth-order valence-electron chi connectivity index (χ4n) is 1.37. The van der Waals surface area contributed by atoms with E-state index in [-0.39, 0.29) is 6.61 Å².